The average molecular weight is 570 g/mol. The Morgan fingerprint density at radius 1 is 1.27 bits per heavy atom. The number of carbonyl (C=O) groups excluding carboxylic acids is 1. The van der Waals surface area contributed by atoms with E-state index in [-0.39, 0.29) is 12.6 Å². The lowest BCUT2D eigenvalue weighted by atomic mass is 10.1. The van der Waals surface area contributed by atoms with Crippen molar-refractivity contribution in [3.05, 3.63) is 33.2 Å². The fourth-order valence-corrected chi connectivity index (χ4v) is 4.05. The highest BCUT2D eigenvalue weighted by atomic mass is 127. The van der Waals surface area contributed by atoms with Crippen LogP contribution in [0.25, 0.3) is 11.2 Å². The number of anilines is 1. The second kappa shape index (κ2) is 9.15. The first-order valence-corrected chi connectivity index (χ1v) is 11.4. The molecule has 0 spiro atoms. The number of hydrogen-bond donors (Lipinski definition) is 2. The van der Waals surface area contributed by atoms with Crippen LogP contribution in [0, 0.1) is 9.65 Å². The summed E-state index contributed by atoms with van der Waals surface area (Å²) in [7, 11) is 0. The molecule has 0 saturated heterocycles. The van der Waals surface area contributed by atoms with Crippen molar-refractivity contribution in [2.24, 2.45) is 0 Å². The van der Waals surface area contributed by atoms with E-state index in [1.807, 2.05) is 12.1 Å². The highest BCUT2D eigenvalue weighted by Gasteiger charge is 2.21. The van der Waals surface area contributed by atoms with Gasteiger partial charge in [0.15, 0.2) is 28.5 Å². The summed E-state index contributed by atoms with van der Waals surface area (Å²) in [5.41, 5.74) is 6.94. The summed E-state index contributed by atoms with van der Waals surface area (Å²) in [5.74, 6) is 1.98. The molecule has 176 valence electrons. The zero-order valence-corrected chi connectivity index (χ0v) is 20.6. The normalized spacial score (nSPS) is 12.9. The number of nitrogens with zero attached hydrogens (tertiary/aromatic N) is 4. The van der Waals surface area contributed by atoms with Gasteiger partial charge in [-0.2, -0.15) is 14.4 Å². The van der Waals surface area contributed by atoms with Gasteiger partial charge >= 0.3 is 12.2 Å². The summed E-state index contributed by atoms with van der Waals surface area (Å²) in [6, 6.07) is 3.82. The number of rotatable bonds is 6. The number of nitrogens with one attached hydrogen (secondary N) is 1. The summed E-state index contributed by atoms with van der Waals surface area (Å²) >= 11 is 2.23. The number of imidazole rings is 1. The molecule has 3 aromatic rings. The molecule has 1 aromatic carbocycles. The molecule has 1 amide bonds. The van der Waals surface area contributed by atoms with Gasteiger partial charge in [0.2, 0.25) is 6.79 Å². The van der Waals surface area contributed by atoms with Gasteiger partial charge in [0.05, 0.1) is 0 Å². The molecule has 0 atom stereocenters. The summed E-state index contributed by atoms with van der Waals surface area (Å²) in [6.45, 7) is 6.37. The number of aromatic nitrogens is 4. The zero-order chi connectivity index (χ0) is 23.8. The predicted molar refractivity (Wildman–Crippen MR) is 127 cm³/mol. The van der Waals surface area contributed by atoms with Crippen molar-refractivity contribution in [1.29, 1.82) is 0 Å². The molecule has 33 heavy (non-hydrogen) atoms. The van der Waals surface area contributed by atoms with Crippen molar-refractivity contribution in [1.82, 2.24) is 24.8 Å². The number of ether oxygens (including phenoxy) is 3. The second-order valence-electron chi connectivity index (χ2n) is 8.49. The lowest BCUT2D eigenvalue weighted by Crippen LogP contribution is -2.33. The Kier molecular flexibility index (Phi) is 6.45. The van der Waals surface area contributed by atoms with Crippen LogP contribution in [0.2, 0.25) is 0 Å². The van der Waals surface area contributed by atoms with Crippen molar-refractivity contribution in [2.45, 2.75) is 45.8 Å². The van der Waals surface area contributed by atoms with Gasteiger partial charge in [0.25, 0.3) is 0 Å². The van der Waals surface area contributed by atoms with Crippen molar-refractivity contribution >= 4 is 45.7 Å². The first-order valence-electron chi connectivity index (χ1n) is 10.3. The van der Waals surface area contributed by atoms with E-state index in [1.54, 1.807) is 25.3 Å². The first-order chi connectivity index (χ1) is 15.6. The third-order valence-corrected chi connectivity index (χ3v) is 5.79. The predicted octanol–water partition coefficient (Wildman–Crippen LogP) is 3.39. The van der Waals surface area contributed by atoms with Crippen LogP contribution in [-0.4, -0.2) is 44.6 Å². The lowest BCUT2D eigenvalue weighted by Gasteiger charge is -2.19. The third kappa shape index (κ3) is 5.37. The Morgan fingerprint density at radius 3 is 2.73 bits per heavy atom. The number of hydrogen-bond acceptors (Lipinski definition) is 8. The summed E-state index contributed by atoms with van der Waals surface area (Å²) in [5, 5.41) is 2.72. The maximum atomic E-state index is 13.9. The summed E-state index contributed by atoms with van der Waals surface area (Å²) < 4.78 is 32.9. The number of nitrogens with two attached hydrogens (primary N) is 1. The largest absolute Gasteiger partial charge is 0.454 e. The van der Waals surface area contributed by atoms with E-state index in [1.165, 1.54) is 0 Å². The van der Waals surface area contributed by atoms with E-state index in [0.717, 1.165) is 9.13 Å². The molecule has 4 rings (SSSR count). The van der Waals surface area contributed by atoms with Crippen LogP contribution in [-0.2, 0) is 17.7 Å². The number of aryl methyl sites for hydroxylation is 1. The van der Waals surface area contributed by atoms with Gasteiger partial charge < -0.3 is 29.8 Å². The molecule has 1 aliphatic rings. The zero-order valence-electron chi connectivity index (χ0n) is 18.4. The molecule has 0 fully saturated rings. The van der Waals surface area contributed by atoms with Gasteiger partial charge in [-0.25, -0.2) is 9.78 Å². The Morgan fingerprint density at radius 2 is 2.00 bits per heavy atom. The molecule has 1 aliphatic heterocycles. The Labute approximate surface area is 203 Å². The summed E-state index contributed by atoms with van der Waals surface area (Å²) in [6.07, 6.45) is -0.434. The van der Waals surface area contributed by atoms with E-state index in [2.05, 4.69) is 42.9 Å². The Hall–Kier alpha value is -2.90. The second-order valence-corrected chi connectivity index (χ2v) is 9.65. The SMILES string of the molecule is CC(C)(C)OC(=O)NCCCn1c(Cc2cc3c(cc2I)OCO3)nc2c(N)nc(F)nc21. The van der Waals surface area contributed by atoms with Crippen LogP contribution in [0.4, 0.5) is 15.0 Å². The van der Waals surface area contributed by atoms with E-state index in [9.17, 15) is 9.18 Å². The van der Waals surface area contributed by atoms with Gasteiger partial charge in [0, 0.05) is 23.1 Å². The van der Waals surface area contributed by atoms with Crippen LogP contribution < -0.4 is 20.5 Å². The number of amides is 1. The lowest BCUT2D eigenvalue weighted by molar-refractivity contribution is 0.0526. The monoisotopic (exact) mass is 570 g/mol. The molecule has 0 bridgehead atoms. The van der Waals surface area contributed by atoms with Gasteiger partial charge in [-0.05, 0) is 67.5 Å². The van der Waals surface area contributed by atoms with Crippen LogP contribution in [0.15, 0.2) is 12.1 Å². The van der Waals surface area contributed by atoms with E-state index >= 15 is 0 Å². The number of carbonyl (C=O) groups is 1. The minimum atomic E-state index is -0.919. The molecule has 3 N–H and O–H groups in total. The van der Waals surface area contributed by atoms with E-state index in [0.29, 0.717) is 54.4 Å². The number of alkyl carbamates (subject to hydrolysis) is 1. The van der Waals surface area contributed by atoms with E-state index in [4.69, 9.17) is 19.9 Å². The molecular weight excluding hydrogens is 546 g/mol. The summed E-state index contributed by atoms with van der Waals surface area (Å²) in [4.78, 5) is 24.0. The molecule has 10 nitrogen and oxygen atoms in total. The standard InChI is InChI=1S/C21H24FIN6O4/c1-21(2,3)33-20(30)25-5-4-6-29-15(26-16-17(24)27-19(22)28-18(16)29)8-11-7-13-14(9-12(11)23)32-10-31-13/h7,9H,4-6,8,10H2,1-3H3,(H,25,30)(H2,24,27,28). The molecule has 0 unspecified atom stereocenters. The molecule has 0 aliphatic carbocycles. The molecule has 3 heterocycles. The highest BCUT2D eigenvalue weighted by Crippen LogP contribution is 2.36. The van der Waals surface area contributed by atoms with Crippen molar-refractivity contribution in [2.75, 3.05) is 19.1 Å². The Bertz CT molecular complexity index is 1210. The number of nitrogen functional groups attached to an aromatic ring is 1. The van der Waals surface area contributed by atoms with Gasteiger partial charge in [-0.15, -0.1) is 0 Å². The van der Waals surface area contributed by atoms with Gasteiger partial charge in [-0.3, -0.25) is 0 Å². The molecule has 0 radical (unpaired) electrons. The van der Waals surface area contributed by atoms with Crippen molar-refractivity contribution in [3.63, 3.8) is 0 Å². The van der Waals surface area contributed by atoms with Crippen LogP contribution in [0.3, 0.4) is 0 Å². The minimum absolute atomic E-state index is 0.0234. The van der Waals surface area contributed by atoms with E-state index < -0.39 is 17.8 Å². The number of fused-ring (bicyclic) bond motifs is 2. The molecular formula is C21H24FIN6O4. The molecule has 0 saturated carbocycles. The molecule has 2 aromatic heterocycles. The van der Waals surface area contributed by atoms with Crippen LogP contribution in [0.5, 0.6) is 11.5 Å². The Balaban J connectivity index is 1.57. The van der Waals surface area contributed by atoms with Gasteiger partial charge in [-0.1, -0.05) is 0 Å². The molecule has 12 heteroatoms. The van der Waals surface area contributed by atoms with Crippen LogP contribution in [0.1, 0.15) is 38.6 Å². The third-order valence-electron chi connectivity index (χ3n) is 4.79. The quantitative estimate of drug-likeness (QED) is 0.263. The first kappa shape index (κ1) is 23.3. The maximum absolute atomic E-state index is 13.9. The highest BCUT2D eigenvalue weighted by molar-refractivity contribution is 14.1. The number of halogens is 2. The van der Waals surface area contributed by atoms with Gasteiger partial charge in [0.1, 0.15) is 11.4 Å². The number of benzene rings is 1. The smallest absolute Gasteiger partial charge is 0.407 e. The fourth-order valence-electron chi connectivity index (χ4n) is 3.42. The fraction of sp³-hybridized carbons (Fsp3) is 0.429. The van der Waals surface area contributed by atoms with Crippen LogP contribution >= 0.6 is 22.6 Å². The minimum Gasteiger partial charge on any atom is -0.454 e. The maximum Gasteiger partial charge on any atom is 0.407 e. The topological polar surface area (TPSA) is 126 Å². The van der Waals surface area contributed by atoms with Crippen molar-refractivity contribution in [3.8, 4) is 11.5 Å². The van der Waals surface area contributed by atoms with Crippen molar-refractivity contribution < 1.29 is 23.4 Å². The average Bonchev–Trinajstić information content (AvgIpc) is 3.28.